The normalized spacial score (nSPS) is 10.7. The molecule has 0 aromatic carbocycles. The summed E-state index contributed by atoms with van der Waals surface area (Å²) < 4.78 is 2.47. The van der Waals surface area contributed by atoms with Crippen LogP contribution < -0.4 is 16.6 Å². The summed E-state index contributed by atoms with van der Waals surface area (Å²) in [5, 5.41) is 11.6. The van der Waals surface area contributed by atoms with E-state index in [-0.39, 0.29) is 17.9 Å². The molecule has 0 saturated heterocycles. The Balaban J connectivity index is 2.82. The molecule has 0 spiro atoms. The zero-order valence-corrected chi connectivity index (χ0v) is 9.56. The molecule has 0 fully saturated rings. The van der Waals surface area contributed by atoms with Gasteiger partial charge in [-0.25, -0.2) is 4.79 Å². The summed E-state index contributed by atoms with van der Waals surface area (Å²) in [7, 11) is 3.07. The minimum Gasteiger partial charge on any atom is -0.396 e. The molecular formula is C10H17N3O3. The van der Waals surface area contributed by atoms with Crippen molar-refractivity contribution in [2.45, 2.75) is 13.0 Å². The molecule has 1 aromatic rings. The Labute approximate surface area is 93.1 Å². The minimum absolute atomic E-state index is 0.123. The van der Waals surface area contributed by atoms with Gasteiger partial charge in [0.15, 0.2) is 0 Å². The topological polar surface area (TPSA) is 76.3 Å². The highest BCUT2D eigenvalue weighted by Crippen LogP contribution is 1.87. The van der Waals surface area contributed by atoms with Gasteiger partial charge >= 0.3 is 5.69 Å². The fourth-order valence-corrected chi connectivity index (χ4v) is 1.43. The van der Waals surface area contributed by atoms with Gasteiger partial charge in [-0.3, -0.25) is 9.36 Å². The molecule has 16 heavy (non-hydrogen) atoms. The second kappa shape index (κ2) is 5.62. The quantitative estimate of drug-likeness (QED) is 0.604. The summed E-state index contributed by atoms with van der Waals surface area (Å²) in [5.74, 6) is 0. The summed E-state index contributed by atoms with van der Waals surface area (Å²) in [6, 6.07) is 0. The number of nitrogens with zero attached hydrogens (tertiary/aromatic N) is 2. The van der Waals surface area contributed by atoms with Gasteiger partial charge in [0.2, 0.25) is 0 Å². The number of nitrogens with one attached hydrogen (secondary N) is 1. The SMILES string of the molecule is Cn1cc(CNCCCO)c(=O)n(C)c1=O. The van der Waals surface area contributed by atoms with Gasteiger partial charge in [0.05, 0.1) is 0 Å². The lowest BCUT2D eigenvalue weighted by Crippen LogP contribution is -2.39. The fourth-order valence-electron chi connectivity index (χ4n) is 1.43. The van der Waals surface area contributed by atoms with Gasteiger partial charge in [-0.1, -0.05) is 0 Å². The Morgan fingerprint density at radius 3 is 2.69 bits per heavy atom. The average Bonchev–Trinajstić information content (AvgIpc) is 2.28. The van der Waals surface area contributed by atoms with Crippen LogP contribution >= 0.6 is 0 Å². The van der Waals surface area contributed by atoms with E-state index in [1.54, 1.807) is 7.05 Å². The first-order chi connectivity index (χ1) is 7.57. The molecule has 0 aliphatic carbocycles. The Morgan fingerprint density at radius 1 is 1.38 bits per heavy atom. The van der Waals surface area contributed by atoms with Gasteiger partial charge in [-0.15, -0.1) is 0 Å². The van der Waals surface area contributed by atoms with Crippen LogP contribution in [0.1, 0.15) is 12.0 Å². The van der Waals surface area contributed by atoms with E-state index in [1.165, 1.54) is 17.8 Å². The van der Waals surface area contributed by atoms with Crippen LogP contribution in [0.3, 0.4) is 0 Å². The van der Waals surface area contributed by atoms with Crippen LogP contribution in [-0.4, -0.2) is 27.4 Å². The highest BCUT2D eigenvalue weighted by Gasteiger charge is 2.05. The van der Waals surface area contributed by atoms with Crippen LogP contribution in [0.2, 0.25) is 0 Å². The van der Waals surface area contributed by atoms with Crippen molar-refractivity contribution in [1.82, 2.24) is 14.5 Å². The number of aryl methyl sites for hydroxylation is 1. The van der Waals surface area contributed by atoms with Crippen molar-refractivity contribution >= 4 is 0 Å². The number of aliphatic hydroxyl groups is 1. The fraction of sp³-hybridized carbons (Fsp3) is 0.600. The van der Waals surface area contributed by atoms with Gasteiger partial charge in [-0.2, -0.15) is 0 Å². The molecule has 0 aliphatic heterocycles. The molecule has 6 nitrogen and oxygen atoms in total. The zero-order chi connectivity index (χ0) is 12.1. The molecule has 0 atom stereocenters. The zero-order valence-electron chi connectivity index (χ0n) is 9.56. The third kappa shape index (κ3) is 2.80. The van der Waals surface area contributed by atoms with Crippen LogP contribution in [0.25, 0.3) is 0 Å². The van der Waals surface area contributed by atoms with Crippen molar-refractivity contribution in [3.8, 4) is 0 Å². The Bertz CT molecular complexity index is 461. The Morgan fingerprint density at radius 2 is 2.06 bits per heavy atom. The number of hydrogen-bond acceptors (Lipinski definition) is 4. The minimum atomic E-state index is -0.330. The summed E-state index contributed by atoms with van der Waals surface area (Å²) in [6.07, 6.45) is 2.18. The summed E-state index contributed by atoms with van der Waals surface area (Å²) in [4.78, 5) is 23.1. The second-order valence-corrected chi connectivity index (χ2v) is 3.67. The van der Waals surface area contributed by atoms with Gasteiger partial charge in [0, 0.05) is 39.0 Å². The highest BCUT2D eigenvalue weighted by molar-refractivity contribution is 5.05. The average molecular weight is 227 g/mol. The maximum Gasteiger partial charge on any atom is 0.330 e. The van der Waals surface area contributed by atoms with Crippen molar-refractivity contribution in [2.24, 2.45) is 14.1 Å². The maximum atomic E-state index is 11.7. The number of hydrogen-bond donors (Lipinski definition) is 2. The molecule has 1 rings (SSSR count). The Kier molecular flexibility index (Phi) is 4.45. The summed E-state index contributed by atoms with van der Waals surface area (Å²) in [5.41, 5.74) is -0.0637. The summed E-state index contributed by atoms with van der Waals surface area (Å²) in [6.45, 7) is 1.17. The van der Waals surface area contributed by atoms with E-state index in [1.807, 2.05) is 0 Å². The van der Waals surface area contributed by atoms with Crippen LogP contribution in [0.5, 0.6) is 0 Å². The van der Waals surface area contributed by atoms with E-state index in [9.17, 15) is 9.59 Å². The smallest absolute Gasteiger partial charge is 0.330 e. The van der Waals surface area contributed by atoms with Crippen molar-refractivity contribution in [3.05, 3.63) is 32.6 Å². The first-order valence-corrected chi connectivity index (χ1v) is 5.15. The molecule has 0 radical (unpaired) electrons. The molecule has 90 valence electrons. The van der Waals surface area contributed by atoms with Crippen LogP contribution in [0.15, 0.2) is 15.8 Å². The van der Waals surface area contributed by atoms with Crippen LogP contribution in [0, 0.1) is 0 Å². The number of aliphatic hydroxyl groups excluding tert-OH is 1. The van der Waals surface area contributed by atoms with Gasteiger partial charge in [0.1, 0.15) is 0 Å². The van der Waals surface area contributed by atoms with Crippen molar-refractivity contribution in [3.63, 3.8) is 0 Å². The number of rotatable bonds is 5. The van der Waals surface area contributed by atoms with E-state index >= 15 is 0 Å². The van der Waals surface area contributed by atoms with Crippen molar-refractivity contribution in [1.29, 1.82) is 0 Å². The summed E-state index contributed by atoms with van der Waals surface area (Å²) >= 11 is 0. The van der Waals surface area contributed by atoms with E-state index in [0.29, 0.717) is 25.1 Å². The molecule has 0 unspecified atom stereocenters. The molecule has 0 saturated carbocycles. The molecule has 0 aliphatic rings. The van der Waals surface area contributed by atoms with Gasteiger partial charge in [0.25, 0.3) is 5.56 Å². The van der Waals surface area contributed by atoms with Crippen molar-refractivity contribution < 1.29 is 5.11 Å². The van der Waals surface area contributed by atoms with E-state index in [2.05, 4.69) is 5.32 Å². The molecule has 6 heteroatoms. The molecule has 1 heterocycles. The van der Waals surface area contributed by atoms with Gasteiger partial charge < -0.3 is 15.0 Å². The van der Waals surface area contributed by atoms with E-state index < -0.39 is 0 Å². The largest absolute Gasteiger partial charge is 0.396 e. The van der Waals surface area contributed by atoms with Crippen molar-refractivity contribution in [2.75, 3.05) is 13.2 Å². The standard InChI is InChI=1S/C10H17N3O3/c1-12-7-8(6-11-4-3-5-14)9(15)13(2)10(12)16/h7,11,14H,3-6H2,1-2H3. The third-order valence-corrected chi connectivity index (χ3v) is 2.34. The second-order valence-electron chi connectivity index (χ2n) is 3.67. The van der Waals surface area contributed by atoms with E-state index in [4.69, 9.17) is 5.11 Å². The third-order valence-electron chi connectivity index (χ3n) is 2.34. The van der Waals surface area contributed by atoms with Crippen LogP contribution in [-0.2, 0) is 20.6 Å². The predicted octanol–water partition coefficient (Wildman–Crippen LogP) is -1.44. The number of aromatic nitrogens is 2. The lowest BCUT2D eigenvalue weighted by Gasteiger charge is -2.07. The predicted molar refractivity (Wildman–Crippen MR) is 60.3 cm³/mol. The first-order valence-electron chi connectivity index (χ1n) is 5.15. The molecule has 0 amide bonds. The Hall–Kier alpha value is -1.40. The highest BCUT2D eigenvalue weighted by atomic mass is 16.3. The van der Waals surface area contributed by atoms with Crippen LogP contribution in [0.4, 0.5) is 0 Å². The lowest BCUT2D eigenvalue weighted by molar-refractivity contribution is 0.286. The van der Waals surface area contributed by atoms with Gasteiger partial charge in [-0.05, 0) is 13.0 Å². The molecular weight excluding hydrogens is 210 g/mol. The lowest BCUT2D eigenvalue weighted by atomic mass is 10.3. The maximum absolute atomic E-state index is 11.7. The molecule has 1 aromatic heterocycles. The first kappa shape index (κ1) is 12.7. The monoisotopic (exact) mass is 227 g/mol. The molecule has 0 bridgehead atoms. The van der Waals surface area contributed by atoms with E-state index in [0.717, 1.165) is 4.57 Å². The molecule has 2 N–H and O–H groups in total.